The molecule has 1 saturated carbocycles. The van der Waals surface area contributed by atoms with Crippen molar-refractivity contribution in [2.75, 3.05) is 11.4 Å². The summed E-state index contributed by atoms with van der Waals surface area (Å²) in [4.78, 5) is 13.2. The van der Waals surface area contributed by atoms with Crippen molar-refractivity contribution < 1.29 is 4.79 Å². The van der Waals surface area contributed by atoms with Gasteiger partial charge in [0.2, 0.25) is 0 Å². The lowest BCUT2D eigenvalue weighted by Crippen LogP contribution is -2.39. The topological polar surface area (TPSA) is 46.3 Å². The van der Waals surface area contributed by atoms with Crippen molar-refractivity contribution in [2.45, 2.75) is 32.6 Å². The van der Waals surface area contributed by atoms with Gasteiger partial charge in [-0.15, -0.1) is 0 Å². The Morgan fingerprint density at radius 3 is 2.67 bits per heavy atom. The largest absolute Gasteiger partial charge is 0.351 e. The van der Waals surface area contributed by atoms with E-state index in [1.54, 1.807) is 4.90 Å². The van der Waals surface area contributed by atoms with Gasteiger partial charge in [-0.2, -0.15) is 0 Å². The summed E-state index contributed by atoms with van der Waals surface area (Å²) < 4.78 is 0. The van der Waals surface area contributed by atoms with Crippen LogP contribution in [0.25, 0.3) is 0 Å². The lowest BCUT2D eigenvalue weighted by Gasteiger charge is -2.25. The first-order valence-electron chi connectivity index (χ1n) is 6.41. The van der Waals surface area contributed by atoms with Crippen molar-refractivity contribution in [2.24, 2.45) is 11.7 Å². The predicted molar refractivity (Wildman–Crippen MR) is 75.1 cm³/mol. The van der Waals surface area contributed by atoms with Crippen LogP contribution in [0, 0.1) is 12.8 Å². The Kier molecular flexibility index (Phi) is 4.12. The maximum Gasteiger partial charge on any atom is 0.319 e. The van der Waals surface area contributed by atoms with Crippen LogP contribution in [0.2, 0.25) is 5.02 Å². The average molecular weight is 267 g/mol. The summed E-state index contributed by atoms with van der Waals surface area (Å²) >= 11 is 6.20. The second-order valence-electron chi connectivity index (χ2n) is 5.05. The molecule has 0 unspecified atom stereocenters. The highest BCUT2D eigenvalue weighted by atomic mass is 35.5. The third-order valence-corrected chi connectivity index (χ3v) is 3.88. The smallest absolute Gasteiger partial charge is 0.319 e. The molecule has 1 aromatic rings. The van der Waals surface area contributed by atoms with Crippen LogP contribution in [0.3, 0.4) is 0 Å². The zero-order chi connectivity index (χ0) is 13.1. The maximum absolute atomic E-state index is 11.6. The molecule has 0 aromatic heterocycles. The number of nitrogens with zero attached hydrogens (tertiary/aromatic N) is 1. The molecule has 1 aromatic carbocycles. The van der Waals surface area contributed by atoms with Crippen LogP contribution in [0.15, 0.2) is 18.2 Å². The van der Waals surface area contributed by atoms with Gasteiger partial charge in [-0.1, -0.05) is 30.5 Å². The van der Waals surface area contributed by atoms with E-state index in [2.05, 4.69) is 0 Å². The fourth-order valence-electron chi connectivity index (χ4n) is 2.59. The van der Waals surface area contributed by atoms with E-state index in [4.69, 9.17) is 17.3 Å². The van der Waals surface area contributed by atoms with Gasteiger partial charge in [0.05, 0.1) is 10.7 Å². The molecule has 0 heterocycles. The van der Waals surface area contributed by atoms with Crippen LogP contribution < -0.4 is 10.6 Å². The molecule has 0 atom stereocenters. The van der Waals surface area contributed by atoms with Gasteiger partial charge in [-0.25, -0.2) is 4.79 Å². The Morgan fingerprint density at radius 1 is 1.44 bits per heavy atom. The van der Waals surface area contributed by atoms with Crippen molar-refractivity contribution in [3.05, 3.63) is 28.8 Å². The van der Waals surface area contributed by atoms with Gasteiger partial charge in [0.15, 0.2) is 0 Å². The SMILES string of the molecule is Cc1ccc(N(CC2CCCC2)C(N)=O)c(Cl)c1. The Labute approximate surface area is 113 Å². The van der Waals surface area contributed by atoms with E-state index in [0.717, 1.165) is 11.3 Å². The molecular weight excluding hydrogens is 248 g/mol. The molecule has 0 saturated heterocycles. The quantitative estimate of drug-likeness (QED) is 0.890. The molecule has 1 fully saturated rings. The number of primary amides is 1. The lowest BCUT2D eigenvalue weighted by molar-refractivity contribution is 0.252. The van der Waals surface area contributed by atoms with E-state index >= 15 is 0 Å². The highest BCUT2D eigenvalue weighted by molar-refractivity contribution is 6.33. The molecule has 2 rings (SSSR count). The van der Waals surface area contributed by atoms with Gasteiger partial charge >= 0.3 is 6.03 Å². The van der Waals surface area contributed by atoms with E-state index in [-0.39, 0.29) is 0 Å². The Morgan fingerprint density at radius 2 is 2.11 bits per heavy atom. The zero-order valence-corrected chi connectivity index (χ0v) is 11.4. The molecule has 4 heteroatoms. The summed E-state index contributed by atoms with van der Waals surface area (Å²) in [6, 6.07) is 5.26. The molecular formula is C14H19ClN2O. The maximum atomic E-state index is 11.6. The molecule has 2 N–H and O–H groups in total. The molecule has 0 aliphatic heterocycles. The fourth-order valence-corrected chi connectivity index (χ4v) is 2.93. The van der Waals surface area contributed by atoms with Gasteiger partial charge in [0.25, 0.3) is 0 Å². The van der Waals surface area contributed by atoms with Gasteiger partial charge < -0.3 is 5.73 Å². The summed E-state index contributed by atoms with van der Waals surface area (Å²) in [5.41, 5.74) is 7.28. The van der Waals surface area contributed by atoms with E-state index < -0.39 is 6.03 Å². The number of amides is 2. The number of carbonyl (C=O) groups is 1. The van der Waals surface area contributed by atoms with Crippen LogP contribution >= 0.6 is 11.6 Å². The number of urea groups is 1. The first-order chi connectivity index (χ1) is 8.58. The molecule has 1 aliphatic carbocycles. The Hall–Kier alpha value is -1.22. The summed E-state index contributed by atoms with van der Waals surface area (Å²) in [5.74, 6) is 0.551. The number of aryl methyl sites for hydroxylation is 1. The van der Waals surface area contributed by atoms with Crippen molar-refractivity contribution in [1.29, 1.82) is 0 Å². The monoisotopic (exact) mass is 266 g/mol. The minimum Gasteiger partial charge on any atom is -0.351 e. The molecule has 98 valence electrons. The normalized spacial score (nSPS) is 15.9. The lowest BCUT2D eigenvalue weighted by atomic mass is 10.1. The molecule has 2 amide bonds. The molecule has 0 spiro atoms. The summed E-state index contributed by atoms with van der Waals surface area (Å²) in [7, 11) is 0. The number of rotatable bonds is 3. The number of hydrogen-bond donors (Lipinski definition) is 1. The van der Waals surface area contributed by atoms with Crippen molar-refractivity contribution >= 4 is 23.3 Å². The first-order valence-corrected chi connectivity index (χ1v) is 6.79. The standard InChI is InChI=1S/C14H19ClN2O/c1-10-6-7-13(12(15)8-10)17(14(16)18)9-11-4-2-3-5-11/h6-8,11H,2-5,9H2,1H3,(H2,16,18). The van der Waals surface area contributed by atoms with Crippen molar-refractivity contribution in [3.8, 4) is 0 Å². The molecule has 0 radical (unpaired) electrons. The number of nitrogens with two attached hydrogens (primary N) is 1. The van der Waals surface area contributed by atoms with Gasteiger partial charge in [-0.3, -0.25) is 4.90 Å². The van der Waals surface area contributed by atoms with Crippen molar-refractivity contribution in [1.82, 2.24) is 0 Å². The average Bonchev–Trinajstić information content (AvgIpc) is 2.79. The summed E-state index contributed by atoms with van der Waals surface area (Å²) in [5, 5.41) is 0.590. The van der Waals surface area contributed by atoms with E-state index in [9.17, 15) is 4.79 Å². The first kappa shape index (κ1) is 13.2. The number of carbonyl (C=O) groups excluding carboxylic acids is 1. The predicted octanol–water partition coefficient (Wildman–Crippen LogP) is 3.72. The van der Waals surface area contributed by atoms with E-state index in [1.165, 1.54) is 25.7 Å². The zero-order valence-electron chi connectivity index (χ0n) is 10.7. The Bertz CT molecular complexity index is 441. The van der Waals surface area contributed by atoms with E-state index in [1.807, 2.05) is 25.1 Å². The summed E-state index contributed by atoms with van der Waals surface area (Å²) in [6.45, 7) is 2.65. The molecule has 1 aliphatic rings. The van der Waals surface area contributed by atoms with Gasteiger partial charge in [0, 0.05) is 6.54 Å². The summed E-state index contributed by atoms with van der Waals surface area (Å²) in [6.07, 6.45) is 4.85. The highest BCUT2D eigenvalue weighted by Crippen LogP contribution is 2.31. The molecule has 18 heavy (non-hydrogen) atoms. The highest BCUT2D eigenvalue weighted by Gasteiger charge is 2.23. The van der Waals surface area contributed by atoms with Crippen LogP contribution in [0.5, 0.6) is 0 Å². The number of hydrogen-bond acceptors (Lipinski definition) is 1. The van der Waals surface area contributed by atoms with Crippen LogP contribution in [0.4, 0.5) is 10.5 Å². The van der Waals surface area contributed by atoms with E-state index in [0.29, 0.717) is 17.5 Å². The van der Waals surface area contributed by atoms with Gasteiger partial charge in [0.1, 0.15) is 0 Å². The second kappa shape index (κ2) is 5.61. The minimum absolute atomic E-state index is 0.423. The van der Waals surface area contributed by atoms with Crippen LogP contribution in [0.1, 0.15) is 31.2 Å². The second-order valence-corrected chi connectivity index (χ2v) is 5.46. The Balaban J connectivity index is 2.20. The number of benzene rings is 1. The minimum atomic E-state index is -0.423. The van der Waals surface area contributed by atoms with Crippen LogP contribution in [-0.4, -0.2) is 12.6 Å². The molecule has 3 nitrogen and oxygen atoms in total. The fraction of sp³-hybridized carbons (Fsp3) is 0.500. The van der Waals surface area contributed by atoms with Crippen LogP contribution in [-0.2, 0) is 0 Å². The van der Waals surface area contributed by atoms with Crippen molar-refractivity contribution in [3.63, 3.8) is 0 Å². The molecule has 0 bridgehead atoms. The third-order valence-electron chi connectivity index (χ3n) is 3.58. The number of anilines is 1. The third kappa shape index (κ3) is 2.96. The number of halogens is 1. The van der Waals surface area contributed by atoms with Gasteiger partial charge in [-0.05, 0) is 43.4 Å².